The minimum Gasteiger partial charge on any atom is -0.461 e. The van der Waals surface area contributed by atoms with E-state index in [2.05, 4.69) is 9.97 Å². The third-order valence-electron chi connectivity index (χ3n) is 2.28. The summed E-state index contributed by atoms with van der Waals surface area (Å²) in [5.41, 5.74) is 2.62. The normalized spacial score (nSPS) is 10.7. The molecule has 0 bridgehead atoms. The van der Waals surface area contributed by atoms with Gasteiger partial charge in [-0.25, -0.2) is 9.78 Å². The molecular weight excluding hydrogens is 206 g/mol. The van der Waals surface area contributed by atoms with Gasteiger partial charge in [-0.1, -0.05) is 0 Å². The maximum Gasteiger partial charge on any atom is 0.357 e. The first-order valence-corrected chi connectivity index (χ1v) is 5.12. The first kappa shape index (κ1) is 10.6. The highest BCUT2D eigenvalue weighted by Crippen LogP contribution is 2.13. The lowest BCUT2D eigenvalue weighted by Gasteiger charge is -2.02. The summed E-state index contributed by atoms with van der Waals surface area (Å²) in [4.78, 5) is 20.1. The minimum atomic E-state index is -0.349. The number of aryl methyl sites for hydroxylation is 2. The highest BCUT2D eigenvalue weighted by Gasteiger charge is 2.17. The summed E-state index contributed by atoms with van der Waals surface area (Å²) in [7, 11) is 0. The van der Waals surface area contributed by atoms with Gasteiger partial charge in [0.1, 0.15) is 0 Å². The number of ether oxygens (including phenoxy) is 1. The summed E-state index contributed by atoms with van der Waals surface area (Å²) in [5.74, 6) is -0.349. The third kappa shape index (κ3) is 1.64. The van der Waals surface area contributed by atoms with E-state index in [9.17, 15) is 4.79 Å². The Balaban J connectivity index is 2.62. The summed E-state index contributed by atoms with van der Waals surface area (Å²) < 4.78 is 6.71. The van der Waals surface area contributed by atoms with Crippen molar-refractivity contribution in [3.05, 3.63) is 29.5 Å². The zero-order valence-corrected chi connectivity index (χ0v) is 9.52. The van der Waals surface area contributed by atoms with Gasteiger partial charge in [0.2, 0.25) is 0 Å². The molecule has 0 saturated heterocycles. The average Bonchev–Trinajstić information content (AvgIpc) is 2.53. The molecule has 0 amide bonds. The molecule has 2 heterocycles. The molecule has 0 saturated carbocycles. The van der Waals surface area contributed by atoms with Crippen LogP contribution in [0.5, 0.6) is 0 Å². The fourth-order valence-corrected chi connectivity index (χ4v) is 1.61. The Hall–Kier alpha value is -1.91. The van der Waals surface area contributed by atoms with Crippen molar-refractivity contribution < 1.29 is 9.53 Å². The summed E-state index contributed by atoms with van der Waals surface area (Å²) in [5, 5.41) is 0. The van der Waals surface area contributed by atoms with Gasteiger partial charge in [0.25, 0.3) is 0 Å². The van der Waals surface area contributed by atoms with Crippen molar-refractivity contribution in [3.63, 3.8) is 0 Å². The number of esters is 1. The van der Waals surface area contributed by atoms with Crippen LogP contribution in [0.15, 0.2) is 12.4 Å². The topological polar surface area (TPSA) is 56.5 Å². The Morgan fingerprint density at radius 1 is 1.50 bits per heavy atom. The first-order chi connectivity index (χ1) is 7.63. The van der Waals surface area contributed by atoms with Gasteiger partial charge in [-0.15, -0.1) is 0 Å². The van der Waals surface area contributed by atoms with Crippen LogP contribution in [-0.4, -0.2) is 26.9 Å². The van der Waals surface area contributed by atoms with Gasteiger partial charge in [-0.05, 0) is 20.8 Å². The first-order valence-electron chi connectivity index (χ1n) is 5.12. The van der Waals surface area contributed by atoms with E-state index >= 15 is 0 Å². The fourth-order valence-electron chi connectivity index (χ4n) is 1.61. The van der Waals surface area contributed by atoms with Gasteiger partial charge >= 0.3 is 5.97 Å². The number of imidazole rings is 1. The third-order valence-corrected chi connectivity index (χ3v) is 2.28. The molecule has 0 N–H and O–H groups in total. The number of aromatic nitrogens is 3. The van der Waals surface area contributed by atoms with Crippen LogP contribution in [0.3, 0.4) is 0 Å². The van der Waals surface area contributed by atoms with E-state index in [0.717, 1.165) is 5.69 Å². The van der Waals surface area contributed by atoms with Crippen LogP contribution in [0.1, 0.15) is 28.8 Å². The number of carbonyl (C=O) groups is 1. The van der Waals surface area contributed by atoms with Crippen LogP contribution in [0.4, 0.5) is 0 Å². The second-order valence-corrected chi connectivity index (χ2v) is 3.52. The standard InChI is InChI=1S/C11H13N3O2/c1-4-16-11(15)10-8(3)13-9-5-12-7(2)6-14(9)10/h5-6H,4H2,1-3H3. The maximum absolute atomic E-state index is 11.7. The molecule has 2 aromatic heterocycles. The van der Waals surface area contributed by atoms with Gasteiger partial charge in [-0.2, -0.15) is 0 Å². The quantitative estimate of drug-likeness (QED) is 0.718. The molecule has 16 heavy (non-hydrogen) atoms. The van der Waals surface area contributed by atoms with Crippen LogP contribution < -0.4 is 0 Å². The molecule has 0 aromatic carbocycles. The summed E-state index contributed by atoms with van der Waals surface area (Å²) in [6.45, 7) is 5.79. The van der Waals surface area contributed by atoms with E-state index < -0.39 is 0 Å². The highest BCUT2D eigenvalue weighted by atomic mass is 16.5. The van der Waals surface area contributed by atoms with Crippen molar-refractivity contribution in [3.8, 4) is 0 Å². The summed E-state index contributed by atoms with van der Waals surface area (Å²) in [6.07, 6.45) is 3.42. The molecule has 0 aliphatic carbocycles. The van der Waals surface area contributed by atoms with Crippen molar-refractivity contribution in [2.75, 3.05) is 6.61 Å². The minimum absolute atomic E-state index is 0.349. The van der Waals surface area contributed by atoms with Crippen LogP contribution >= 0.6 is 0 Å². The van der Waals surface area contributed by atoms with E-state index in [1.165, 1.54) is 0 Å². The SMILES string of the molecule is CCOC(=O)c1c(C)nc2cnc(C)cn12. The molecule has 0 radical (unpaired) electrons. The number of carbonyl (C=O) groups excluding carboxylic acids is 1. The zero-order valence-electron chi connectivity index (χ0n) is 9.52. The Morgan fingerprint density at radius 3 is 2.94 bits per heavy atom. The largest absolute Gasteiger partial charge is 0.461 e. The zero-order chi connectivity index (χ0) is 11.7. The van der Waals surface area contributed by atoms with E-state index in [1.54, 1.807) is 30.6 Å². The van der Waals surface area contributed by atoms with E-state index in [0.29, 0.717) is 23.6 Å². The van der Waals surface area contributed by atoms with Crippen LogP contribution in [0, 0.1) is 13.8 Å². The number of hydrogen-bond donors (Lipinski definition) is 0. The van der Waals surface area contributed by atoms with Gasteiger partial charge in [0.05, 0.1) is 24.2 Å². The molecule has 2 rings (SSSR count). The number of hydrogen-bond acceptors (Lipinski definition) is 4. The second-order valence-electron chi connectivity index (χ2n) is 3.52. The number of fused-ring (bicyclic) bond motifs is 1. The molecule has 0 atom stereocenters. The Kier molecular flexibility index (Phi) is 2.60. The number of rotatable bonds is 2. The molecule has 0 fully saturated rings. The monoisotopic (exact) mass is 219 g/mol. The molecule has 2 aromatic rings. The maximum atomic E-state index is 11.7. The Morgan fingerprint density at radius 2 is 2.25 bits per heavy atom. The molecule has 0 aliphatic heterocycles. The fraction of sp³-hybridized carbons (Fsp3) is 0.364. The van der Waals surface area contributed by atoms with Crippen LogP contribution in [0.25, 0.3) is 5.65 Å². The highest BCUT2D eigenvalue weighted by molar-refractivity contribution is 5.89. The molecule has 5 nitrogen and oxygen atoms in total. The molecule has 5 heteroatoms. The van der Waals surface area contributed by atoms with Gasteiger partial charge in [0, 0.05) is 6.20 Å². The second kappa shape index (κ2) is 3.92. The lowest BCUT2D eigenvalue weighted by molar-refractivity contribution is 0.0517. The van der Waals surface area contributed by atoms with E-state index in [-0.39, 0.29) is 5.97 Å². The van der Waals surface area contributed by atoms with Crippen LogP contribution in [0.2, 0.25) is 0 Å². The van der Waals surface area contributed by atoms with Crippen molar-refractivity contribution in [1.29, 1.82) is 0 Å². The van der Waals surface area contributed by atoms with Crippen molar-refractivity contribution in [2.45, 2.75) is 20.8 Å². The summed E-state index contributed by atoms with van der Waals surface area (Å²) in [6, 6.07) is 0. The Bertz CT molecular complexity index is 545. The lowest BCUT2D eigenvalue weighted by Crippen LogP contribution is -2.09. The van der Waals surface area contributed by atoms with E-state index in [1.807, 2.05) is 6.92 Å². The van der Waals surface area contributed by atoms with Crippen molar-refractivity contribution in [2.24, 2.45) is 0 Å². The van der Waals surface area contributed by atoms with Gasteiger partial charge < -0.3 is 4.74 Å². The molecule has 0 aliphatic rings. The molecular formula is C11H13N3O2. The predicted octanol–water partition coefficient (Wildman–Crippen LogP) is 1.52. The molecule has 0 spiro atoms. The molecule has 0 unspecified atom stereocenters. The lowest BCUT2D eigenvalue weighted by atomic mass is 10.3. The smallest absolute Gasteiger partial charge is 0.357 e. The van der Waals surface area contributed by atoms with Crippen LogP contribution in [-0.2, 0) is 4.74 Å². The summed E-state index contributed by atoms with van der Waals surface area (Å²) >= 11 is 0. The van der Waals surface area contributed by atoms with Gasteiger partial charge in [0.15, 0.2) is 11.3 Å². The van der Waals surface area contributed by atoms with E-state index in [4.69, 9.17) is 4.74 Å². The van der Waals surface area contributed by atoms with Crippen molar-refractivity contribution >= 4 is 11.6 Å². The number of nitrogens with zero attached hydrogens (tertiary/aromatic N) is 3. The Labute approximate surface area is 93.1 Å². The predicted molar refractivity (Wildman–Crippen MR) is 58.4 cm³/mol. The average molecular weight is 219 g/mol. The van der Waals surface area contributed by atoms with Crippen molar-refractivity contribution in [1.82, 2.24) is 14.4 Å². The molecule has 84 valence electrons. The van der Waals surface area contributed by atoms with Gasteiger partial charge in [-0.3, -0.25) is 9.38 Å².